The predicted molar refractivity (Wildman–Crippen MR) is 94.8 cm³/mol. The smallest absolute Gasteiger partial charge is 0.225 e. The number of benzene rings is 1. The number of aromatic amines is 1. The zero-order valence-electron chi connectivity index (χ0n) is 14.6. The number of aryl methyl sites for hydroxylation is 1. The minimum Gasteiger partial charge on any atom is -0.393 e. The summed E-state index contributed by atoms with van der Waals surface area (Å²) in [5.41, 5.74) is 3.22. The number of likely N-dealkylation sites (N-methyl/N-ethyl adjacent to an activating group) is 1. The molecule has 1 fully saturated rings. The van der Waals surface area contributed by atoms with E-state index in [2.05, 4.69) is 23.0 Å². The monoisotopic (exact) mass is 329 g/mol. The molecule has 24 heavy (non-hydrogen) atoms. The molecule has 1 aromatic heterocycles. The van der Waals surface area contributed by atoms with Crippen LogP contribution in [0, 0.1) is 12.8 Å². The standard InChI is InChI=1S/C19H27N3O2/c1-3-22(19(24)14-7-5-8-15(23)12-14)11-10-17-20-16-9-4-6-13(2)18(16)21-17/h4,6,9,14-15,23H,3,5,7-8,10-12H2,1-2H3,(H,20,21)/t14-,15-/m0/s1. The molecule has 5 heteroatoms. The molecule has 0 bridgehead atoms. The molecule has 1 saturated carbocycles. The molecule has 2 aromatic rings. The van der Waals surface area contributed by atoms with Crippen molar-refractivity contribution in [3.8, 4) is 0 Å². The van der Waals surface area contributed by atoms with E-state index in [9.17, 15) is 9.90 Å². The highest BCUT2D eigenvalue weighted by molar-refractivity contribution is 5.79. The maximum Gasteiger partial charge on any atom is 0.225 e. The Labute approximate surface area is 143 Å². The van der Waals surface area contributed by atoms with Crippen molar-refractivity contribution in [2.75, 3.05) is 13.1 Å². The number of nitrogens with zero attached hydrogens (tertiary/aromatic N) is 2. The Morgan fingerprint density at radius 1 is 1.42 bits per heavy atom. The highest BCUT2D eigenvalue weighted by Gasteiger charge is 2.28. The molecule has 1 aromatic carbocycles. The van der Waals surface area contributed by atoms with Gasteiger partial charge in [-0.05, 0) is 44.7 Å². The summed E-state index contributed by atoms with van der Waals surface area (Å²) in [6.45, 7) is 5.44. The molecule has 2 atom stereocenters. The summed E-state index contributed by atoms with van der Waals surface area (Å²) in [5, 5.41) is 9.81. The Morgan fingerprint density at radius 3 is 2.96 bits per heavy atom. The number of para-hydroxylation sites is 1. The summed E-state index contributed by atoms with van der Waals surface area (Å²) in [6.07, 6.45) is 3.69. The number of aliphatic hydroxyl groups is 1. The summed E-state index contributed by atoms with van der Waals surface area (Å²) in [5.74, 6) is 1.09. The maximum absolute atomic E-state index is 12.7. The van der Waals surface area contributed by atoms with Crippen molar-refractivity contribution < 1.29 is 9.90 Å². The first-order valence-corrected chi connectivity index (χ1v) is 8.99. The van der Waals surface area contributed by atoms with E-state index in [4.69, 9.17) is 0 Å². The molecule has 0 unspecified atom stereocenters. The van der Waals surface area contributed by atoms with Crippen molar-refractivity contribution in [2.24, 2.45) is 5.92 Å². The number of amides is 1. The number of hydrogen-bond donors (Lipinski definition) is 2. The average molecular weight is 329 g/mol. The van der Waals surface area contributed by atoms with E-state index in [1.165, 1.54) is 0 Å². The summed E-state index contributed by atoms with van der Waals surface area (Å²) in [6, 6.07) is 6.12. The van der Waals surface area contributed by atoms with Gasteiger partial charge in [-0.15, -0.1) is 0 Å². The molecule has 5 nitrogen and oxygen atoms in total. The van der Waals surface area contributed by atoms with Crippen molar-refractivity contribution in [3.63, 3.8) is 0 Å². The van der Waals surface area contributed by atoms with Gasteiger partial charge in [0.25, 0.3) is 0 Å². The number of aliphatic hydroxyl groups excluding tert-OH is 1. The first-order valence-electron chi connectivity index (χ1n) is 8.99. The lowest BCUT2D eigenvalue weighted by Crippen LogP contribution is -2.40. The van der Waals surface area contributed by atoms with Crippen LogP contribution < -0.4 is 0 Å². The van der Waals surface area contributed by atoms with Crippen LogP contribution in [0.3, 0.4) is 0 Å². The fraction of sp³-hybridized carbons (Fsp3) is 0.579. The lowest BCUT2D eigenvalue weighted by molar-refractivity contribution is -0.137. The lowest BCUT2D eigenvalue weighted by Gasteiger charge is -2.30. The van der Waals surface area contributed by atoms with Gasteiger partial charge in [0, 0.05) is 25.4 Å². The third-order valence-electron chi connectivity index (χ3n) is 5.07. The molecule has 0 saturated heterocycles. The van der Waals surface area contributed by atoms with Crippen LogP contribution in [0.15, 0.2) is 18.2 Å². The summed E-state index contributed by atoms with van der Waals surface area (Å²) >= 11 is 0. The first-order chi connectivity index (χ1) is 11.6. The molecule has 1 aliphatic rings. The van der Waals surface area contributed by atoms with E-state index >= 15 is 0 Å². The molecule has 0 radical (unpaired) electrons. The molecule has 1 aliphatic carbocycles. The van der Waals surface area contributed by atoms with E-state index in [-0.39, 0.29) is 17.9 Å². The molecule has 130 valence electrons. The Morgan fingerprint density at radius 2 is 2.25 bits per heavy atom. The molecule has 2 N–H and O–H groups in total. The van der Waals surface area contributed by atoms with Gasteiger partial charge in [-0.1, -0.05) is 18.6 Å². The number of hydrogen-bond acceptors (Lipinski definition) is 3. The van der Waals surface area contributed by atoms with Crippen LogP contribution in [0.25, 0.3) is 11.0 Å². The van der Waals surface area contributed by atoms with Crippen molar-refractivity contribution in [2.45, 2.75) is 52.1 Å². The van der Waals surface area contributed by atoms with Crippen LogP contribution in [0.2, 0.25) is 0 Å². The highest BCUT2D eigenvalue weighted by Crippen LogP contribution is 2.26. The topological polar surface area (TPSA) is 69.2 Å². The van der Waals surface area contributed by atoms with E-state index in [0.29, 0.717) is 19.5 Å². The lowest BCUT2D eigenvalue weighted by atomic mass is 9.86. The van der Waals surface area contributed by atoms with E-state index in [1.807, 2.05) is 24.0 Å². The molecular formula is C19H27N3O2. The van der Waals surface area contributed by atoms with Crippen LogP contribution in [-0.4, -0.2) is 45.1 Å². The molecule has 0 spiro atoms. The van der Waals surface area contributed by atoms with Gasteiger partial charge in [0.15, 0.2) is 0 Å². The number of imidazole rings is 1. The second-order valence-electron chi connectivity index (χ2n) is 6.84. The number of fused-ring (bicyclic) bond motifs is 1. The Kier molecular flexibility index (Phi) is 5.19. The molecule has 1 heterocycles. The van der Waals surface area contributed by atoms with Crippen LogP contribution >= 0.6 is 0 Å². The first kappa shape index (κ1) is 17.0. The third-order valence-corrected chi connectivity index (χ3v) is 5.07. The number of rotatable bonds is 5. The fourth-order valence-electron chi connectivity index (χ4n) is 3.66. The third kappa shape index (κ3) is 3.61. The summed E-state index contributed by atoms with van der Waals surface area (Å²) in [7, 11) is 0. The van der Waals surface area contributed by atoms with Crippen LogP contribution in [0.4, 0.5) is 0 Å². The quantitative estimate of drug-likeness (QED) is 0.886. The number of nitrogens with one attached hydrogen (secondary N) is 1. The van der Waals surface area contributed by atoms with Crippen molar-refractivity contribution >= 4 is 16.9 Å². The van der Waals surface area contributed by atoms with E-state index in [0.717, 1.165) is 48.1 Å². The SMILES string of the molecule is CCN(CCc1nc2c(C)cccc2[nH]1)C(=O)[C@H]1CCC[C@H](O)C1. The second kappa shape index (κ2) is 7.34. The van der Waals surface area contributed by atoms with Crippen LogP contribution in [0.1, 0.15) is 44.0 Å². The van der Waals surface area contributed by atoms with Gasteiger partial charge in [0.2, 0.25) is 5.91 Å². The second-order valence-corrected chi connectivity index (χ2v) is 6.84. The van der Waals surface area contributed by atoms with Gasteiger partial charge in [-0.2, -0.15) is 0 Å². The molecular weight excluding hydrogens is 302 g/mol. The zero-order chi connectivity index (χ0) is 17.1. The molecule has 1 amide bonds. The minimum atomic E-state index is -0.315. The van der Waals surface area contributed by atoms with Gasteiger partial charge >= 0.3 is 0 Å². The minimum absolute atomic E-state index is 0.0217. The Balaban J connectivity index is 1.64. The van der Waals surface area contributed by atoms with Gasteiger partial charge in [-0.25, -0.2) is 4.98 Å². The summed E-state index contributed by atoms with van der Waals surface area (Å²) < 4.78 is 0. The summed E-state index contributed by atoms with van der Waals surface area (Å²) in [4.78, 5) is 22.6. The van der Waals surface area contributed by atoms with Gasteiger partial charge in [-0.3, -0.25) is 4.79 Å². The van der Waals surface area contributed by atoms with Crippen LogP contribution in [-0.2, 0) is 11.2 Å². The number of carbonyl (C=O) groups excluding carboxylic acids is 1. The predicted octanol–water partition coefficient (Wildman–Crippen LogP) is 2.81. The van der Waals surface area contributed by atoms with E-state index in [1.54, 1.807) is 0 Å². The largest absolute Gasteiger partial charge is 0.393 e. The fourth-order valence-corrected chi connectivity index (χ4v) is 3.66. The zero-order valence-corrected chi connectivity index (χ0v) is 14.6. The van der Waals surface area contributed by atoms with Crippen molar-refractivity contribution in [1.29, 1.82) is 0 Å². The maximum atomic E-state index is 12.7. The highest BCUT2D eigenvalue weighted by atomic mass is 16.3. The van der Waals surface area contributed by atoms with Crippen molar-refractivity contribution in [1.82, 2.24) is 14.9 Å². The van der Waals surface area contributed by atoms with Gasteiger partial charge in [0.05, 0.1) is 17.1 Å². The molecule has 0 aliphatic heterocycles. The average Bonchev–Trinajstić information content (AvgIpc) is 3.00. The van der Waals surface area contributed by atoms with Crippen LogP contribution in [0.5, 0.6) is 0 Å². The number of carbonyl (C=O) groups is 1. The van der Waals surface area contributed by atoms with E-state index < -0.39 is 0 Å². The molecule has 3 rings (SSSR count). The Hall–Kier alpha value is -1.88. The van der Waals surface area contributed by atoms with Gasteiger partial charge < -0.3 is 15.0 Å². The number of aromatic nitrogens is 2. The Bertz CT molecular complexity index is 710. The van der Waals surface area contributed by atoms with Gasteiger partial charge in [0.1, 0.15) is 5.82 Å². The number of H-pyrrole nitrogens is 1. The van der Waals surface area contributed by atoms with Crippen molar-refractivity contribution in [3.05, 3.63) is 29.6 Å². The normalized spacial score (nSPS) is 21.1.